The van der Waals surface area contributed by atoms with Crippen molar-refractivity contribution in [2.45, 2.75) is 52.6 Å². The minimum absolute atomic E-state index is 0.749. The summed E-state index contributed by atoms with van der Waals surface area (Å²) in [5.74, 6) is 0. The second-order valence-electron chi connectivity index (χ2n) is 5.02. The topological polar surface area (TPSA) is 9.23 Å². The average molecular weight is 246 g/mol. The van der Waals surface area contributed by atoms with Crippen molar-refractivity contribution in [3.8, 4) is 0 Å². The molecule has 18 heavy (non-hydrogen) atoms. The Bertz CT molecular complexity index is 323. The van der Waals surface area contributed by atoms with E-state index in [0.29, 0.717) is 0 Å². The van der Waals surface area contributed by atoms with Gasteiger partial charge in [0.05, 0.1) is 6.61 Å². The standard InChI is InChI=1S/C17H26O/c1-16(2)11-7-4-3-5-10-14-18-15-17-12-8-6-9-13-17/h6,8-9,11-13H,3-5,7,10,14-15H2,1-2H3. The third kappa shape index (κ3) is 8.08. The smallest absolute Gasteiger partial charge is 0.0716 e. The zero-order chi connectivity index (χ0) is 13.1. The van der Waals surface area contributed by atoms with Crippen LogP contribution in [0.2, 0.25) is 0 Å². The Labute approximate surface area is 112 Å². The molecule has 0 aromatic heterocycles. The highest BCUT2D eigenvalue weighted by molar-refractivity contribution is 5.13. The lowest BCUT2D eigenvalue weighted by Gasteiger charge is -2.04. The van der Waals surface area contributed by atoms with E-state index in [1.165, 1.54) is 43.2 Å². The lowest BCUT2D eigenvalue weighted by atomic mass is 10.1. The molecule has 0 saturated heterocycles. The van der Waals surface area contributed by atoms with Crippen molar-refractivity contribution in [2.75, 3.05) is 6.61 Å². The lowest BCUT2D eigenvalue weighted by Crippen LogP contribution is -1.95. The van der Waals surface area contributed by atoms with Crippen molar-refractivity contribution in [1.82, 2.24) is 0 Å². The van der Waals surface area contributed by atoms with Gasteiger partial charge >= 0.3 is 0 Å². The summed E-state index contributed by atoms with van der Waals surface area (Å²) in [4.78, 5) is 0. The van der Waals surface area contributed by atoms with Crippen molar-refractivity contribution < 1.29 is 4.74 Å². The van der Waals surface area contributed by atoms with Crippen molar-refractivity contribution in [3.05, 3.63) is 47.5 Å². The van der Waals surface area contributed by atoms with E-state index in [0.717, 1.165) is 13.2 Å². The molecule has 1 heteroatoms. The summed E-state index contributed by atoms with van der Waals surface area (Å²) in [7, 11) is 0. The molecule has 1 aromatic rings. The monoisotopic (exact) mass is 246 g/mol. The fourth-order valence-electron chi connectivity index (χ4n) is 1.86. The molecule has 100 valence electrons. The van der Waals surface area contributed by atoms with Gasteiger partial charge in [-0.3, -0.25) is 0 Å². The number of allylic oxidation sites excluding steroid dienone is 2. The molecule has 0 atom stereocenters. The van der Waals surface area contributed by atoms with Crippen LogP contribution in [0.5, 0.6) is 0 Å². The first-order valence-electron chi connectivity index (χ1n) is 7.04. The van der Waals surface area contributed by atoms with Gasteiger partial charge in [-0.25, -0.2) is 0 Å². The first kappa shape index (κ1) is 15.0. The SMILES string of the molecule is CC(C)=CCCCCCCOCc1ccccc1. The van der Waals surface area contributed by atoms with Gasteiger partial charge in [-0.1, -0.05) is 54.8 Å². The molecule has 0 saturated carbocycles. The number of rotatable bonds is 9. The maximum absolute atomic E-state index is 5.65. The second kappa shape index (κ2) is 9.90. The molecule has 0 bridgehead atoms. The van der Waals surface area contributed by atoms with Crippen LogP contribution in [0.15, 0.2) is 42.0 Å². The van der Waals surface area contributed by atoms with Gasteiger partial charge in [0.2, 0.25) is 0 Å². The second-order valence-corrected chi connectivity index (χ2v) is 5.02. The Hall–Kier alpha value is -1.08. The first-order valence-corrected chi connectivity index (χ1v) is 7.04. The summed E-state index contributed by atoms with van der Waals surface area (Å²) in [5.41, 5.74) is 2.70. The Morgan fingerprint density at radius 2 is 1.72 bits per heavy atom. The van der Waals surface area contributed by atoms with Crippen LogP contribution < -0.4 is 0 Å². The van der Waals surface area contributed by atoms with Crippen molar-refractivity contribution in [3.63, 3.8) is 0 Å². The number of ether oxygens (including phenoxy) is 1. The van der Waals surface area contributed by atoms with Crippen LogP contribution in [-0.4, -0.2) is 6.61 Å². The van der Waals surface area contributed by atoms with E-state index < -0.39 is 0 Å². The predicted octanol–water partition coefficient (Wildman–Crippen LogP) is 5.12. The first-order chi connectivity index (χ1) is 8.79. The highest BCUT2D eigenvalue weighted by atomic mass is 16.5. The molecule has 1 aromatic carbocycles. The Kier molecular flexibility index (Phi) is 8.24. The summed E-state index contributed by atoms with van der Waals surface area (Å²) in [6.45, 7) is 5.96. The summed E-state index contributed by atoms with van der Waals surface area (Å²) in [6.07, 6.45) is 8.65. The van der Waals surface area contributed by atoms with E-state index >= 15 is 0 Å². The van der Waals surface area contributed by atoms with Crippen molar-refractivity contribution >= 4 is 0 Å². The fraction of sp³-hybridized carbons (Fsp3) is 0.529. The zero-order valence-corrected chi connectivity index (χ0v) is 11.8. The van der Waals surface area contributed by atoms with Crippen LogP contribution in [0.25, 0.3) is 0 Å². The highest BCUT2D eigenvalue weighted by Crippen LogP contribution is 2.06. The maximum Gasteiger partial charge on any atom is 0.0716 e. The van der Waals surface area contributed by atoms with Crippen LogP contribution in [0.3, 0.4) is 0 Å². The van der Waals surface area contributed by atoms with E-state index in [4.69, 9.17) is 4.74 Å². The Balaban J connectivity index is 1.89. The number of benzene rings is 1. The summed E-state index contributed by atoms with van der Waals surface area (Å²) in [6, 6.07) is 10.4. The Morgan fingerprint density at radius 3 is 2.44 bits per heavy atom. The molecule has 1 rings (SSSR count). The van der Waals surface area contributed by atoms with Gasteiger partial charge in [0, 0.05) is 6.61 Å². The quantitative estimate of drug-likeness (QED) is 0.434. The van der Waals surface area contributed by atoms with E-state index in [2.05, 4.69) is 44.2 Å². The van der Waals surface area contributed by atoms with E-state index in [1.807, 2.05) is 6.07 Å². The normalized spacial score (nSPS) is 10.3. The highest BCUT2D eigenvalue weighted by Gasteiger charge is 1.93. The van der Waals surface area contributed by atoms with Gasteiger partial charge in [-0.15, -0.1) is 0 Å². The van der Waals surface area contributed by atoms with Gasteiger partial charge in [0.25, 0.3) is 0 Å². The fourth-order valence-corrected chi connectivity index (χ4v) is 1.86. The molecular weight excluding hydrogens is 220 g/mol. The molecule has 0 amide bonds. The van der Waals surface area contributed by atoms with Gasteiger partial charge in [0.1, 0.15) is 0 Å². The molecule has 0 heterocycles. The zero-order valence-electron chi connectivity index (χ0n) is 11.8. The van der Waals surface area contributed by atoms with Crippen molar-refractivity contribution in [1.29, 1.82) is 0 Å². The van der Waals surface area contributed by atoms with Crippen LogP contribution >= 0.6 is 0 Å². The van der Waals surface area contributed by atoms with Crippen LogP contribution in [-0.2, 0) is 11.3 Å². The van der Waals surface area contributed by atoms with Crippen LogP contribution in [0.1, 0.15) is 51.5 Å². The Morgan fingerprint density at radius 1 is 1.00 bits per heavy atom. The third-order valence-corrected chi connectivity index (χ3v) is 2.91. The summed E-state index contributed by atoms with van der Waals surface area (Å²) in [5, 5.41) is 0. The van der Waals surface area contributed by atoms with Gasteiger partial charge < -0.3 is 4.74 Å². The molecule has 0 radical (unpaired) electrons. The molecule has 1 nitrogen and oxygen atoms in total. The number of hydrogen-bond acceptors (Lipinski definition) is 1. The van der Waals surface area contributed by atoms with Crippen molar-refractivity contribution in [2.24, 2.45) is 0 Å². The average Bonchev–Trinajstić information content (AvgIpc) is 2.37. The molecular formula is C17H26O. The summed E-state index contributed by atoms with van der Waals surface area (Å²) < 4.78 is 5.65. The largest absolute Gasteiger partial charge is 0.377 e. The minimum Gasteiger partial charge on any atom is -0.377 e. The van der Waals surface area contributed by atoms with E-state index in [-0.39, 0.29) is 0 Å². The molecule has 0 aliphatic carbocycles. The van der Waals surface area contributed by atoms with E-state index in [9.17, 15) is 0 Å². The number of unbranched alkanes of at least 4 members (excludes halogenated alkanes) is 4. The molecule has 0 fully saturated rings. The predicted molar refractivity (Wildman–Crippen MR) is 78.6 cm³/mol. The molecule has 0 aliphatic rings. The van der Waals surface area contributed by atoms with Gasteiger partial charge in [-0.05, 0) is 38.7 Å². The van der Waals surface area contributed by atoms with Gasteiger partial charge in [0.15, 0.2) is 0 Å². The van der Waals surface area contributed by atoms with E-state index in [1.54, 1.807) is 0 Å². The van der Waals surface area contributed by atoms with Crippen LogP contribution in [0, 0.1) is 0 Å². The molecule has 0 spiro atoms. The summed E-state index contributed by atoms with van der Waals surface area (Å²) >= 11 is 0. The molecule has 0 unspecified atom stereocenters. The van der Waals surface area contributed by atoms with Gasteiger partial charge in [-0.2, -0.15) is 0 Å². The number of hydrogen-bond donors (Lipinski definition) is 0. The maximum atomic E-state index is 5.65. The third-order valence-electron chi connectivity index (χ3n) is 2.91. The minimum atomic E-state index is 0.749. The lowest BCUT2D eigenvalue weighted by molar-refractivity contribution is 0.117. The molecule has 0 aliphatic heterocycles. The molecule has 0 N–H and O–H groups in total. The van der Waals surface area contributed by atoms with Crippen LogP contribution in [0.4, 0.5) is 0 Å².